The van der Waals surface area contributed by atoms with E-state index in [0.717, 1.165) is 22.5 Å². The number of ether oxygens (including phenoxy) is 1. The molecule has 1 aromatic carbocycles. The lowest BCUT2D eigenvalue weighted by Gasteiger charge is -2.12. The third-order valence-corrected chi connectivity index (χ3v) is 3.27. The van der Waals surface area contributed by atoms with Crippen molar-refractivity contribution in [3.63, 3.8) is 0 Å². The summed E-state index contributed by atoms with van der Waals surface area (Å²) in [5, 5.41) is 3.44. The topological polar surface area (TPSA) is 51.2 Å². The minimum Gasteiger partial charge on any atom is -0.496 e. The number of benzene rings is 1. The van der Waals surface area contributed by atoms with Crippen LogP contribution in [0.3, 0.4) is 0 Å². The van der Waals surface area contributed by atoms with E-state index < -0.39 is 0 Å². The van der Waals surface area contributed by atoms with Crippen molar-refractivity contribution in [1.82, 2.24) is 4.98 Å². The molecule has 1 amide bonds. The molecule has 0 spiro atoms. The molecule has 110 valence electrons. The van der Waals surface area contributed by atoms with E-state index in [1.165, 1.54) is 0 Å². The normalized spacial score (nSPS) is 10.3. The maximum atomic E-state index is 12.2. The monoisotopic (exact) mass is 304 g/mol. The van der Waals surface area contributed by atoms with Crippen molar-refractivity contribution in [3.05, 3.63) is 52.3 Å². The Hall–Kier alpha value is -2.07. The van der Waals surface area contributed by atoms with E-state index in [1.54, 1.807) is 25.4 Å². The molecule has 0 fully saturated rings. The highest BCUT2D eigenvalue weighted by molar-refractivity contribution is 6.30. The van der Waals surface area contributed by atoms with E-state index >= 15 is 0 Å². The lowest BCUT2D eigenvalue weighted by atomic mass is 10.1. The van der Waals surface area contributed by atoms with Crippen molar-refractivity contribution in [2.45, 2.75) is 20.3 Å². The Morgan fingerprint density at radius 1 is 1.33 bits per heavy atom. The number of aromatic nitrogens is 1. The van der Waals surface area contributed by atoms with Gasteiger partial charge in [0.15, 0.2) is 0 Å². The second kappa shape index (κ2) is 6.59. The van der Waals surface area contributed by atoms with Crippen molar-refractivity contribution < 1.29 is 9.53 Å². The largest absolute Gasteiger partial charge is 0.496 e. The average molecular weight is 305 g/mol. The van der Waals surface area contributed by atoms with E-state index in [0.29, 0.717) is 10.8 Å². The maximum absolute atomic E-state index is 12.2. The highest BCUT2D eigenvalue weighted by Gasteiger charge is 2.12. The molecule has 21 heavy (non-hydrogen) atoms. The van der Waals surface area contributed by atoms with Crippen LogP contribution >= 0.6 is 11.6 Å². The smallest absolute Gasteiger partial charge is 0.228 e. The summed E-state index contributed by atoms with van der Waals surface area (Å²) in [4.78, 5) is 16.2. The van der Waals surface area contributed by atoms with Gasteiger partial charge in [-0.05, 0) is 43.7 Å². The number of hydrogen-bond acceptors (Lipinski definition) is 3. The zero-order chi connectivity index (χ0) is 15.4. The van der Waals surface area contributed by atoms with Gasteiger partial charge < -0.3 is 10.1 Å². The molecule has 1 aromatic heterocycles. The number of nitrogens with zero attached hydrogens (tertiary/aromatic N) is 1. The van der Waals surface area contributed by atoms with Crippen molar-refractivity contribution in [2.75, 3.05) is 12.4 Å². The molecule has 0 radical (unpaired) electrons. The van der Waals surface area contributed by atoms with Gasteiger partial charge in [-0.15, -0.1) is 0 Å². The summed E-state index contributed by atoms with van der Waals surface area (Å²) in [6.45, 7) is 3.78. The van der Waals surface area contributed by atoms with Crippen molar-refractivity contribution in [3.8, 4) is 5.75 Å². The minimum absolute atomic E-state index is 0.124. The fourth-order valence-electron chi connectivity index (χ4n) is 2.22. The first-order valence-electron chi connectivity index (χ1n) is 6.55. The Labute approximate surface area is 129 Å². The number of nitrogens with one attached hydrogen (secondary N) is 1. The minimum atomic E-state index is -0.124. The van der Waals surface area contributed by atoms with Crippen LogP contribution in [0.5, 0.6) is 5.75 Å². The lowest BCUT2D eigenvalue weighted by Crippen LogP contribution is -2.15. The van der Waals surface area contributed by atoms with Crippen LogP contribution in [0.25, 0.3) is 0 Å². The van der Waals surface area contributed by atoms with Crippen molar-refractivity contribution in [1.29, 1.82) is 0 Å². The first-order chi connectivity index (χ1) is 9.99. The van der Waals surface area contributed by atoms with Gasteiger partial charge in [-0.3, -0.25) is 9.78 Å². The van der Waals surface area contributed by atoms with Crippen LogP contribution in [0, 0.1) is 13.8 Å². The maximum Gasteiger partial charge on any atom is 0.228 e. The first kappa shape index (κ1) is 15.3. The van der Waals surface area contributed by atoms with Gasteiger partial charge in [0.25, 0.3) is 0 Å². The van der Waals surface area contributed by atoms with Gasteiger partial charge in [-0.2, -0.15) is 0 Å². The van der Waals surface area contributed by atoms with E-state index in [-0.39, 0.29) is 12.3 Å². The third-order valence-electron chi connectivity index (χ3n) is 3.05. The number of rotatable bonds is 4. The number of anilines is 1. The van der Waals surface area contributed by atoms with Gasteiger partial charge in [-0.1, -0.05) is 11.6 Å². The predicted molar refractivity (Wildman–Crippen MR) is 84.0 cm³/mol. The number of methoxy groups -OCH3 is 1. The van der Waals surface area contributed by atoms with Crippen LogP contribution in [0.15, 0.2) is 30.5 Å². The molecule has 0 saturated carbocycles. The zero-order valence-electron chi connectivity index (χ0n) is 12.2. The van der Waals surface area contributed by atoms with E-state index in [1.807, 2.05) is 26.0 Å². The van der Waals surface area contributed by atoms with Crippen LogP contribution in [0.1, 0.15) is 16.8 Å². The molecule has 1 N–H and O–H groups in total. The van der Waals surface area contributed by atoms with Crippen LogP contribution in [-0.4, -0.2) is 18.0 Å². The summed E-state index contributed by atoms with van der Waals surface area (Å²) in [5.41, 5.74) is 3.26. The van der Waals surface area contributed by atoms with Gasteiger partial charge in [0.2, 0.25) is 5.91 Å². The molecule has 0 atom stereocenters. The number of carbonyl (C=O) groups excluding carboxylic acids is 1. The molecule has 2 aromatic rings. The Kier molecular flexibility index (Phi) is 4.81. The van der Waals surface area contributed by atoms with Crippen molar-refractivity contribution >= 4 is 23.2 Å². The molecule has 0 saturated heterocycles. The second-order valence-corrected chi connectivity index (χ2v) is 5.26. The number of hydrogen-bond donors (Lipinski definition) is 1. The highest BCUT2D eigenvalue weighted by Crippen LogP contribution is 2.28. The fraction of sp³-hybridized carbons (Fsp3) is 0.250. The van der Waals surface area contributed by atoms with Crippen LogP contribution in [0.2, 0.25) is 5.02 Å². The molecule has 5 heteroatoms. The summed E-state index contributed by atoms with van der Waals surface area (Å²) < 4.78 is 5.35. The first-order valence-corrected chi connectivity index (χ1v) is 6.93. The summed E-state index contributed by atoms with van der Waals surface area (Å²) in [6.07, 6.45) is 1.86. The van der Waals surface area contributed by atoms with Gasteiger partial charge in [0, 0.05) is 28.2 Å². The van der Waals surface area contributed by atoms with Crippen LogP contribution in [-0.2, 0) is 11.2 Å². The van der Waals surface area contributed by atoms with Crippen LogP contribution in [0.4, 0.5) is 5.69 Å². The van der Waals surface area contributed by atoms with E-state index in [2.05, 4.69) is 10.3 Å². The Morgan fingerprint density at radius 3 is 2.76 bits per heavy atom. The fourth-order valence-corrected chi connectivity index (χ4v) is 2.52. The molecule has 0 aliphatic carbocycles. The van der Waals surface area contributed by atoms with E-state index in [4.69, 9.17) is 16.3 Å². The zero-order valence-corrected chi connectivity index (χ0v) is 13.0. The Bertz CT molecular complexity index is 671. The number of aryl methyl sites for hydroxylation is 2. The molecule has 4 nitrogen and oxygen atoms in total. The molecular weight excluding hydrogens is 288 g/mol. The molecular formula is C16H17ClN2O2. The summed E-state index contributed by atoms with van der Waals surface area (Å²) in [5.74, 6) is 0.570. The SMILES string of the molecule is COc1c(C)cc(Cl)cc1CC(=O)Nc1ccnc(C)c1. The second-order valence-electron chi connectivity index (χ2n) is 4.83. The molecule has 0 unspecified atom stereocenters. The number of carbonyl (C=O) groups is 1. The number of amides is 1. The quantitative estimate of drug-likeness (QED) is 0.940. The number of halogens is 1. The summed E-state index contributed by atoms with van der Waals surface area (Å²) in [7, 11) is 1.59. The third kappa shape index (κ3) is 3.95. The van der Waals surface area contributed by atoms with Gasteiger partial charge in [0.05, 0.1) is 13.5 Å². The lowest BCUT2D eigenvalue weighted by molar-refractivity contribution is -0.115. The van der Waals surface area contributed by atoms with Gasteiger partial charge in [-0.25, -0.2) is 0 Å². The van der Waals surface area contributed by atoms with Gasteiger partial charge in [0.1, 0.15) is 5.75 Å². The molecule has 0 aliphatic rings. The summed E-state index contributed by atoms with van der Waals surface area (Å²) in [6, 6.07) is 7.14. The highest BCUT2D eigenvalue weighted by atomic mass is 35.5. The van der Waals surface area contributed by atoms with Crippen molar-refractivity contribution in [2.24, 2.45) is 0 Å². The van der Waals surface area contributed by atoms with Crippen LogP contribution < -0.4 is 10.1 Å². The Balaban J connectivity index is 2.16. The average Bonchev–Trinajstić information content (AvgIpc) is 2.37. The van der Waals surface area contributed by atoms with E-state index in [9.17, 15) is 4.79 Å². The van der Waals surface area contributed by atoms with Gasteiger partial charge >= 0.3 is 0 Å². The number of pyridine rings is 1. The summed E-state index contributed by atoms with van der Waals surface area (Å²) >= 11 is 6.05. The molecule has 2 rings (SSSR count). The molecule has 0 aliphatic heterocycles. The Morgan fingerprint density at radius 2 is 2.10 bits per heavy atom. The standard InChI is InChI=1S/C16H17ClN2O2/c1-10-6-13(17)8-12(16(10)21-3)9-15(20)19-14-4-5-18-11(2)7-14/h4-8H,9H2,1-3H3,(H,18,19,20). The molecule has 0 bridgehead atoms. The molecule has 1 heterocycles. The predicted octanol–water partition coefficient (Wildman–Crippen LogP) is 3.54.